The van der Waals surface area contributed by atoms with Crippen molar-refractivity contribution >= 4 is 12.0 Å². The van der Waals surface area contributed by atoms with Crippen LogP contribution in [0.25, 0.3) is 0 Å². The minimum absolute atomic E-state index is 0.00544. The van der Waals surface area contributed by atoms with Crippen LogP contribution >= 0.6 is 0 Å². The van der Waals surface area contributed by atoms with Crippen LogP contribution in [0.1, 0.15) is 75.8 Å². The molecule has 0 spiro atoms. The largest absolute Gasteiger partial charge is 0.480 e. The number of aliphatic carboxylic acids is 1. The number of nitrogens with one attached hydrogen (secondary N) is 1. The number of halogens is 2. The first-order chi connectivity index (χ1) is 20.8. The van der Waals surface area contributed by atoms with E-state index in [2.05, 4.69) is 22.0 Å². The Morgan fingerprint density at radius 3 is 2.33 bits per heavy atom. The number of urea groups is 1. The molecule has 4 atom stereocenters. The number of likely N-dealkylation sites (tertiary alicyclic amines) is 2. The van der Waals surface area contributed by atoms with Crippen LogP contribution in [-0.2, 0) is 11.3 Å². The van der Waals surface area contributed by atoms with E-state index in [0.29, 0.717) is 19.6 Å². The predicted molar refractivity (Wildman–Crippen MR) is 163 cm³/mol. The number of hydrogen-bond donors (Lipinski definition) is 2. The van der Waals surface area contributed by atoms with Gasteiger partial charge in [0, 0.05) is 56.8 Å². The van der Waals surface area contributed by atoms with E-state index in [1.807, 2.05) is 17.9 Å². The number of carbonyl (C=O) groups excluding carboxylic acids is 1. The molecule has 2 aromatic rings. The summed E-state index contributed by atoms with van der Waals surface area (Å²) in [6.07, 6.45) is 6.82. The van der Waals surface area contributed by atoms with Crippen molar-refractivity contribution in [1.29, 1.82) is 0 Å². The molecule has 3 aliphatic rings. The molecule has 0 bridgehead atoms. The summed E-state index contributed by atoms with van der Waals surface area (Å²) in [7, 11) is 0. The second-order valence-corrected chi connectivity index (χ2v) is 12.6. The number of carboxylic acid groups (broad SMARTS) is 1. The lowest BCUT2D eigenvalue weighted by Crippen LogP contribution is -2.56. The highest BCUT2D eigenvalue weighted by atomic mass is 19.1. The minimum Gasteiger partial charge on any atom is -0.480 e. The molecular weight excluding hydrogens is 550 g/mol. The van der Waals surface area contributed by atoms with Crippen molar-refractivity contribution in [3.8, 4) is 0 Å². The molecule has 7 nitrogen and oxygen atoms in total. The molecule has 5 rings (SSSR count). The highest BCUT2D eigenvalue weighted by Crippen LogP contribution is 2.41. The Morgan fingerprint density at radius 2 is 1.70 bits per heavy atom. The van der Waals surface area contributed by atoms with Gasteiger partial charge in [-0.2, -0.15) is 0 Å². The van der Waals surface area contributed by atoms with Crippen LogP contribution < -0.4 is 5.32 Å². The van der Waals surface area contributed by atoms with E-state index in [9.17, 15) is 23.5 Å². The van der Waals surface area contributed by atoms with Crippen LogP contribution in [0.3, 0.4) is 0 Å². The van der Waals surface area contributed by atoms with Gasteiger partial charge in [0.05, 0.1) is 0 Å². The summed E-state index contributed by atoms with van der Waals surface area (Å²) < 4.78 is 27.7. The van der Waals surface area contributed by atoms with Crippen LogP contribution in [0.2, 0.25) is 0 Å². The number of carbonyl (C=O) groups is 2. The molecule has 9 heteroatoms. The zero-order valence-corrected chi connectivity index (χ0v) is 25.4. The van der Waals surface area contributed by atoms with Crippen LogP contribution in [0, 0.1) is 17.6 Å². The maximum Gasteiger partial charge on any atom is 0.321 e. The van der Waals surface area contributed by atoms with E-state index in [0.717, 1.165) is 62.7 Å². The molecular formula is C34H46F2N4O3. The van der Waals surface area contributed by atoms with Crippen molar-refractivity contribution in [3.63, 3.8) is 0 Å². The molecule has 0 radical (unpaired) electrons. The standard InChI is InChI=1S/C34H46F2N4O3/c1-3-39(34(43)37-21-24-12-14-27(35)15-13-24)29-16-18-38(19-17-29)31-23(2)40(22-30(31)26-10-7-11-28(36)20-26)32(33(41)42)25-8-5-4-6-9-25/h7,10-15,20,23,25,29-32H,3-6,8-9,16-19,21-22H2,1-2H3,(H,37,43)(H,41,42)/t23?,30-,31?,32-/m1/s1. The summed E-state index contributed by atoms with van der Waals surface area (Å²) >= 11 is 0. The third kappa shape index (κ3) is 7.20. The summed E-state index contributed by atoms with van der Waals surface area (Å²) in [5.74, 6) is -1.19. The van der Waals surface area contributed by atoms with Crippen LogP contribution in [0.15, 0.2) is 48.5 Å². The van der Waals surface area contributed by atoms with Gasteiger partial charge in [-0.25, -0.2) is 13.6 Å². The zero-order valence-electron chi connectivity index (χ0n) is 25.4. The van der Waals surface area contributed by atoms with Gasteiger partial charge in [-0.15, -0.1) is 0 Å². The highest BCUT2D eigenvalue weighted by molar-refractivity contribution is 5.75. The highest BCUT2D eigenvalue weighted by Gasteiger charge is 2.49. The second-order valence-electron chi connectivity index (χ2n) is 12.6. The van der Waals surface area contributed by atoms with E-state index < -0.39 is 12.0 Å². The van der Waals surface area contributed by atoms with Crippen molar-refractivity contribution in [3.05, 3.63) is 71.3 Å². The normalized spacial score (nSPS) is 25.0. The molecule has 1 aliphatic carbocycles. The van der Waals surface area contributed by atoms with Gasteiger partial charge in [0.2, 0.25) is 0 Å². The molecule has 2 aliphatic heterocycles. The van der Waals surface area contributed by atoms with Gasteiger partial charge < -0.3 is 15.3 Å². The average molecular weight is 597 g/mol. The number of rotatable bonds is 9. The molecule has 2 aromatic carbocycles. The van der Waals surface area contributed by atoms with E-state index >= 15 is 0 Å². The number of piperidine rings is 1. The molecule has 3 fully saturated rings. The third-order valence-electron chi connectivity index (χ3n) is 10.1. The third-order valence-corrected chi connectivity index (χ3v) is 10.1. The van der Waals surface area contributed by atoms with Gasteiger partial charge in [0.1, 0.15) is 17.7 Å². The molecule has 1 saturated carbocycles. The number of amides is 2. The van der Waals surface area contributed by atoms with Gasteiger partial charge in [-0.05, 0) is 80.8 Å². The van der Waals surface area contributed by atoms with Gasteiger partial charge in [0.25, 0.3) is 0 Å². The minimum atomic E-state index is -0.749. The Labute approximate surface area is 254 Å². The maximum absolute atomic E-state index is 14.4. The SMILES string of the molecule is CCN(C(=O)NCc1ccc(F)cc1)C1CCN(C2C(C)N([C@@H](C(=O)O)C3CCCCC3)C[C@@H]2c2cccc(F)c2)CC1. The van der Waals surface area contributed by atoms with Crippen molar-refractivity contribution in [1.82, 2.24) is 20.0 Å². The molecule has 2 saturated heterocycles. The summed E-state index contributed by atoms with van der Waals surface area (Å²) in [5, 5.41) is 13.4. The molecule has 234 valence electrons. The predicted octanol–water partition coefficient (Wildman–Crippen LogP) is 5.85. The molecule has 2 heterocycles. The Balaban J connectivity index is 1.29. The first-order valence-corrected chi connectivity index (χ1v) is 16.0. The average Bonchev–Trinajstić information content (AvgIpc) is 3.34. The van der Waals surface area contributed by atoms with Gasteiger partial charge >= 0.3 is 12.0 Å². The smallest absolute Gasteiger partial charge is 0.321 e. The number of nitrogens with zero attached hydrogens (tertiary/aromatic N) is 3. The molecule has 2 N–H and O–H groups in total. The van der Waals surface area contributed by atoms with Crippen LogP contribution in [0.4, 0.5) is 13.6 Å². The van der Waals surface area contributed by atoms with Crippen molar-refractivity contribution in [2.45, 2.75) is 95.4 Å². The van der Waals surface area contributed by atoms with Crippen molar-refractivity contribution in [2.24, 2.45) is 5.92 Å². The summed E-state index contributed by atoms with van der Waals surface area (Å²) in [5.41, 5.74) is 1.77. The van der Waals surface area contributed by atoms with E-state index in [4.69, 9.17) is 0 Å². The van der Waals surface area contributed by atoms with Gasteiger partial charge in [-0.1, -0.05) is 43.5 Å². The number of hydrogen-bond acceptors (Lipinski definition) is 4. The lowest BCUT2D eigenvalue weighted by molar-refractivity contribution is -0.146. The van der Waals surface area contributed by atoms with E-state index in [1.165, 1.54) is 24.6 Å². The maximum atomic E-state index is 14.4. The zero-order chi connectivity index (χ0) is 30.5. The Kier molecular flexibility index (Phi) is 10.3. The first kappa shape index (κ1) is 31.4. The number of benzene rings is 2. The summed E-state index contributed by atoms with van der Waals surface area (Å²) in [6, 6.07) is 12.4. The number of carboxylic acids is 1. The summed E-state index contributed by atoms with van der Waals surface area (Å²) in [6.45, 7) is 7.21. The molecule has 0 aromatic heterocycles. The van der Waals surface area contributed by atoms with Crippen molar-refractivity contribution in [2.75, 3.05) is 26.2 Å². The van der Waals surface area contributed by atoms with Crippen LogP contribution in [0.5, 0.6) is 0 Å². The van der Waals surface area contributed by atoms with Crippen LogP contribution in [-0.4, -0.2) is 82.2 Å². The van der Waals surface area contributed by atoms with E-state index in [-0.39, 0.29) is 47.6 Å². The van der Waals surface area contributed by atoms with Gasteiger partial charge in [-0.3, -0.25) is 14.6 Å². The Hall–Kier alpha value is -3.04. The fourth-order valence-electron chi connectivity index (χ4n) is 8.01. The molecule has 43 heavy (non-hydrogen) atoms. The van der Waals surface area contributed by atoms with Gasteiger partial charge in [0.15, 0.2) is 0 Å². The lowest BCUT2D eigenvalue weighted by Gasteiger charge is -2.44. The van der Waals surface area contributed by atoms with E-state index in [1.54, 1.807) is 24.3 Å². The molecule has 2 unspecified atom stereocenters. The monoisotopic (exact) mass is 596 g/mol. The first-order valence-electron chi connectivity index (χ1n) is 16.0. The fraction of sp³-hybridized carbons (Fsp3) is 0.588. The lowest BCUT2D eigenvalue weighted by atomic mass is 9.83. The quantitative estimate of drug-likeness (QED) is 0.380. The Morgan fingerprint density at radius 1 is 1.00 bits per heavy atom. The molecule has 2 amide bonds. The Bertz CT molecular complexity index is 1230. The second kappa shape index (κ2) is 14.2. The fourth-order valence-corrected chi connectivity index (χ4v) is 8.01. The van der Waals surface area contributed by atoms with Crippen molar-refractivity contribution < 1.29 is 23.5 Å². The summed E-state index contributed by atoms with van der Waals surface area (Å²) in [4.78, 5) is 32.4. The topological polar surface area (TPSA) is 76.1 Å².